The standard InChI is InChI=1S/C15H17N3O3/c1-9-10(2)17-18-15(9)16-14(19)6-4-11-3-5-12-13(7-11)21-8-20-12/h3,5,7H,4,6,8H2,1-2H3,(H2,16,17,18,19). The Labute approximate surface area is 122 Å². The van der Waals surface area contributed by atoms with E-state index in [2.05, 4.69) is 15.5 Å². The third-order valence-electron chi connectivity index (χ3n) is 3.59. The van der Waals surface area contributed by atoms with Crippen LogP contribution in [0.1, 0.15) is 23.2 Å². The van der Waals surface area contributed by atoms with Crippen LogP contribution in [-0.4, -0.2) is 22.9 Å². The third kappa shape index (κ3) is 2.84. The number of aromatic nitrogens is 2. The van der Waals surface area contributed by atoms with Gasteiger partial charge < -0.3 is 14.8 Å². The number of hydrogen-bond acceptors (Lipinski definition) is 4. The van der Waals surface area contributed by atoms with E-state index >= 15 is 0 Å². The second-order valence-corrected chi connectivity index (χ2v) is 5.06. The predicted molar refractivity (Wildman–Crippen MR) is 77.6 cm³/mol. The van der Waals surface area contributed by atoms with Gasteiger partial charge in [0.2, 0.25) is 12.7 Å². The molecule has 0 spiro atoms. The van der Waals surface area contributed by atoms with Crippen molar-refractivity contribution in [3.8, 4) is 11.5 Å². The summed E-state index contributed by atoms with van der Waals surface area (Å²) in [5, 5.41) is 9.73. The Hall–Kier alpha value is -2.50. The number of amides is 1. The monoisotopic (exact) mass is 287 g/mol. The molecular formula is C15H17N3O3. The van der Waals surface area contributed by atoms with Crippen LogP contribution in [0.2, 0.25) is 0 Å². The van der Waals surface area contributed by atoms with Crippen LogP contribution in [0.15, 0.2) is 18.2 Å². The molecule has 1 aliphatic heterocycles. The first-order valence-electron chi connectivity index (χ1n) is 6.83. The molecule has 1 aliphatic rings. The first kappa shape index (κ1) is 13.5. The van der Waals surface area contributed by atoms with Gasteiger partial charge in [0, 0.05) is 17.7 Å². The SMILES string of the molecule is Cc1[nH]nc(NC(=O)CCc2ccc3c(c2)OCO3)c1C. The largest absolute Gasteiger partial charge is 0.454 e. The molecule has 0 fully saturated rings. The number of aromatic amines is 1. The first-order chi connectivity index (χ1) is 10.1. The van der Waals surface area contributed by atoms with Gasteiger partial charge in [0.1, 0.15) is 0 Å². The van der Waals surface area contributed by atoms with Crippen molar-refractivity contribution in [2.24, 2.45) is 0 Å². The average molecular weight is 287 g/mol. The zero-order valence-corrected chi connectivity index (χ0v) is 12.0. The molecule has 0 saturated heterocycles. The molecule has 2 heterocycles. The molecule has 3 rings (SSSR count). The summed E-state index contributed by atoms with van der Waals surface area (Å²) in [7, 11) is 0. The number of anilines is 1. The van der Waals surface area contributed by atoms with Crippen molar-refractivity contribution >= 4 is 11.7 Å². The van der Waals surface area contributed by atoms with Gasteiger partial charge in [-0.15, -0.1) is 0 Å². The van der Waals surface area contributed by atoms with E-state index in [9.17, 15) is 4.79 Å². The van der Waals surface area contributed by atoms with E-state index < -0.39 is 0 Å². The van der Waals surface area contributed by atoms with E-state index in [0.717, 1.165) is 28.3 Å². The Bertz CT molecular complexity index is 679. The Morgan fingerprint density at radius 1 is 1.33 bits per heavy atom. The van der Waals surface area contributed by atoms with E-state index in [1.54, 1.807) is 0 Å². The topological polar surface area (TPSA) is 76.2 Å². The Balaban J connectivity index is 1.57. The maximum Gasteiger partial charge on any atom is 0.231 e. The second kappa shape index (κ2) is 5.47. The molecule has 1 amide bonds. The van der Waals surface area contributed by atoms with Gasteiger partial charge in [-0.2, -0.15) is 5.10 Å². The minimum Gasteiger partial charge on any atom is -0.454 e. The summed E-state index contributed by atoms with van der Waals surface area (Å²) in [4.78, 5) is 12.0. The maximum absolute atomic E-state index is 12.0. The van der Waals surface area contributed by atoms with Crippen LogP contribution in [0.3, 0.4) is 0 Å². The molecule has 0 radical (unpaired) electrons. The van der Waals surface area contributed by atoms with Crippen LogP contribution >= 0.6 is 0 Å². The van der Waals surface area contributed by atoms with E-state index in [0.29, 0.717) is 18.7 Å². The smallest absolute Gasteiger partial charge is 0.231 e. The Morgan fingerprint density at radius 3 is 2.90 bits per heavy atom. The molecule has 0 aliphatic carbocycles. The average Bonchev–Trinajstić information content (AvgIpc) is 3.06. The van der Waals surface area contributed by atoms with E-state index in [1.165, 1.54) is 0 Å². The van der Waals surface area contributed by atoms with E-state index in [-0.39, 0.29) is 12.7 Å². The van der Waals surface area contributed by atoms with Crippen LogP contribution < -0.4 is 14.8 Å². The molecule has 110 valence electrons. The molecule has 2 aromatic rings. The number of nitrogens with one attached hydrogen (secondary N) is 2. The van der Waals surface area contributed by atoms with Crippen molar-refractivity contribution < 1.29 is 14.3 Å². The van der Waals surface area contributed by atoms with Crippen molar-refractivity contribution in [3.05, 3.63) is 35.0 Å². The molecule has 0 saturated carbocycles. The fourth-order valence-electron chi connectivity index (χ4n) is 2.16. The van der Waals surface area contributed by atoms with Gasteiger partial charge in [0.05, 0.1) is 0 Å². The number of carbonyl (C=O) groups excluding carboxylic acids is 1. The van der Waals surface area contributed by atoms with Crippen molar-refractivity contribution in [1.29, 1.82) is 0 Å². The number of hydrogen-bond donors (Lipinski definition) is 2. The van der Waals surface area contributed by atoms with Gasteiger partial charge in [-0.3, -0.25) is 9.89 Å². The molecule has 6 heteroatoms. The highest BCUT2D eigenvalue weighted by atomic mass is 16.7. The predicted octanol–water partition coefficient (Wildman–Crippen LogP) is 2.33. The molecule has 0 bridgehead atoms. The lowest BCUT2D eigenvalue weighted by Gasteiger charge is -2.04. The summed E-state index contributed by atoms with van der Waals surface area (Å²) in [5.41, 5.74) is 2.97. The van der Waals surface area contributed by atoms with E-state index in [1.807, 2.05) is 32.0 Å². The second-order valence-electron chi connectivity index (χ2n) is 5.06. The number of carbonyl (C=O) groups is 1. The molecular weight excluding hydrogens is 270 g/mol. The molecule has 21 heavy (non-hydrogen) atoms. The summed E-state index contributed by atoms with van der Waals surface area (Å²) < 4.78 is 10.6. The van der Waals surface area contributed by atoms with Crippen LogP contribution in [0.4, 0.5) is 5.82 Å². The molecule has 1 aromatic carbocycles. The minimum atomic E-state index is -0.0535. The van der Waals surface area contributed by atoms with Crippen LogP contribution in [-0.2, 0) is 11.2 Å². The van der Waals surface area contributed by atoms with Crippen LogP contribution in [0, 0.1) is 13.8 Å². The van der Waals surface area contributed by atoms with Crippen LogP contribution in [0.5, 0.6) is 11.5 Å². The zero-order valence-electron chi connectivity index (χ0n) is 12.0. The van der Waals surface area contributed by atoms with Crippen molar-refractivity contribution in [3.63, 3.8) is 0 Å². The number of benzene rings is 1. The van der Waals surface area contributed by atoms with Crippen molar-refractivity contribution in [2.75, 3.05) is 12.1 Å². The number of rotatable bonds is 4. The summed E-state index contributed by atoms with van der Waals surface area (Å²) in [6.07, 6.45) is 1.04. The summed E-state index contributed by atoms with van der Waals surface area (Å²) in [5.74, 6) is 2.04. The van der Waals surface area contributed by atoms with E-state index in [4.69, 9.17) is 9.47 Å². The summed E-state index contributed by atoms with van der Waals surface area (Å²) in [6, 6.07) is 5.74. The number of ether oxygens (including phenoxy) is 2. The fraction of sp³-hybridized carbons (Fsp3) is 0.333. The van der Waals surface area contributed by atoms with Gasteiger partial charge in [-0.25, -0.2) is 0 Å². The summed E-state index contributed by atoms with van der Waals surface area (Å²) in [6.45, 7) is 4.11. The van der Waals surface area contributed by atoms with Gasteiger partial charge in [0.15, 0.2) is 17.3 Å². The highest BCUT2D eigenvalue weighted by molar-refractivity contribution is 5.90. The number of aryl methyl sites for hydroxylation is 2. The number of fused-ring (bicyclic) bond motifs is 1. The lowest BCUT2D eigenvalue weighted by Crippen LogP contribution is -2.13. The third-order valence-corrected chi connectivity index (χ3v) is 3.59. The van der Waals surface area contributed by atoms with Gasteiger partial charge in [-0.1, -0.05) is 6.07 Å². The maximum atomic E-state index is 12.0. The molecule has 6 nitrogen and oxygen atoms in total. The summed E-state index contributed by atoms with van der Waals surface area (Å²) >= 11 is 0. The minimum absolute atomic E-state index is 0.0535. The highest BCUT2D eigenvalue weighted by Crippen LogP contribution is 2.32. The van der Waals surface area contributed by atoms with Crippen LogP contribution in [0.25, 0.3) is 0 Å². The zero-order chi connectivity index (χ0) is 14.8. The highest BCUT2D eigenvalue weighted by Gasteiger charge is 2.14. The fourth-order valence-corrected chi connectivity index (χ4v) is 2.16. The van der Waals surface area contributed by atoms with Gasteiger partial charge >= 0.3 is 0 Å². The normalized spacial score (nSPS) is 12.5. The quantitative estimate of drug-likeness (QED) is 0.905. The number of H-pyrrole nitrogens is 1. The Morgan fingerprint density at radius 2 is 2.14 bits per heavy atom. The molecule has 0 atom stereocenters. The van der Waals surface area contributed by atoms with Gasteiger partial charge in [-0.05, 0) is 38.0 Å². The van der Waals surface area contributed by atoms with Crippen molar-refractivity contribution in [2.45, 2.75) is 26.7 Å². The van der Waals surface area contributed by atoms with Crippen molar-refractivity contribution in [1.82, 2.24) is 10.2 Å². The van der Waals surface area contributed by atoms with Gasteiger partial charge in [0.25, 0.3) is 0 Å². The molecule has 0 unspecified atom stereocenters. The first-order valence-corrected chi connectivity index (χ1v) is 6.83. The lowest BCUT2D eigenvalue weighted by molar-refractivity contribution is -0.116. The molecule has 1 aromatic heterocycles. The lowest BCUT2D eigenvalue weighted by atomic mass is 10.1. The number of nitrogens with zero attached hydrogens (tertiary/aromatic N) is 1. The Kier molecular flexibility index (Phi) is 3.51. The molecule has 2 N–H and O–H groups in total.